The van der Waals surface area contributed by atoms with Gasteiger partial charge in [0.2, 0.25) is 0 Å². The third-order valence-corrected chi connectivity index (χ3v) is 4.92. The van der Waals surface area contributed by atoms with Crippen molar-refractivity contribution in [3.05, 3.63) is 41.7 Å². The number of carbonyl (C=O) groups excluding carboxylic acids is 2. The quantitative estimate of drug-likeness (QED) is 0.783. The largest absolute Gasteiger partial charge is 0.452 e. The number of amides is 1. The third kappa shape index (κ3) is 3.64. The Morgan fingerprint density at radius 2 is 1.85 bits per heavy atom. The minimum Gasteiger partial charge on any atom is -0.452 e. The van der Waals surface area contributed by atoms with Gasteiger partial charge in [0.05, 0.1) is 0 Å². The van der Waals surface area contributed by atoms with Crippen molar-refractivity contribution in [2.75, 3.05) is 6.61 Å². The van der Waals surface area contributed by atoms with Crippen LogP contribution >= 0.6 is 0 Å². The number of hydrogen-bond acceptors (Lipinski definition) is 5. The minimum atomic E-state index is -0.590. The zero-order chi connectivity index (χ0) is 18.7. The van der Waals surface area contributed by atoms with Crippen molar-refractivity contribution in [3.63, 3.8) is 0 Å². The Kier molecular flexibility index (Phi) is 5.40. The predicted molar refractivity (Wildman–Crippen MR) is 96.6 cm³/mol. The van der Waals surface area contributed by atoms with Crippen LogP contribution < -0.4 is 0 Å². The zero-order valence-corrected chi connectivity index (χ0v) is 15.4. The molecule has 0 aliphatic carbocycles. The Balaban J connectivity index is 1.71. The number of hydrogen-bond donors (Lipinski definition) is 0. The van der Waals surface area contributed by atoms with Crippen LogP contribution in [0.3, 0.4) is 0 Å². The lowest BCUT2D eigenvalue weighted by Crippen LogP contribution is -2.49. The minimum absolute atomic E-state index is 0.159. The second kappa shape index (κ2) is 7.72. The van der Waals surface area contributed by atoms with Gasteiger partial charge < -0.3 is 14.2 Å². The molecule has 2 heterocycles. The molecule has 1 amide bonds. The van der Waals surface area contributed by atoms with Crippen LogP contribution in [-0.2, 0) is 9.53 Å². The number of benzene rings is 1. The lowest BCUT2D eigenvalue weighted by molar-refractivity contribution is -0.140. The zero-order valence-electron chi connectivity index (χ0n) is 15.4. The maximum Gasteiger partial charge on any atom is 0.344 e. The monoisotopic (exact) mass is 356 g/mol. The van der Waals surface area contributed by atoms with Gasteiger partial charge in [-0.15, -0.1) is 0 Å². The van der Waals surface area contributed by atoms with Crippen LogP contribution in [0.2, 0.25) is 0 Å². The van der Waals surface area contributed by atoms with E-state index in [9.17, 15) is 9.59 Å². The molecule has 0 spiro atoms. The van der Waals surface area contributed by atoms with E-state index in [0.717, 1.165) is 24.8 Å². The average molecular weight is 356 g/mol. The molecule has 6 heteroatoms. The molecular formula is C20H24N2O4. The summed E-state index contributed by atoms with van der Waals surface area (Å²) in [4.78, 5) is 26.9. The highest BCUT2D eigenvalue weighted by Gasteiger charge is 2.30. The summed E-state index contributed by atoms with van der Waals surface area (Å²) in [6, 6.07) is 9.62. The van der Waals surface area contributed by atoms with Gasteiger partial charge >= 0.3 is 5.97 Å². The first-order valence-corrected chi connectivity index (χ1v) is 8.99. The number of esters is 1. The van der Waals surface area contributed by atoms with E-state index in [4.69, 9.17) is 9.26 Å². The second-order valence-corrected chi connectivity index (χ2v) is 6.83. The average Bonchev–Trinajstić information content (AvgIpc) is 3.02. The first-order valence-electron chi connectivity index (χ1n) is 8.99. The first kappa shape index (κ1) is 18.2. The number of aryl methyl sites for hydroxylation is 1. The lowest BCUT2D eigenvalue weighted by Gasteiger charge is -2.38. The van der Waals surface area contributed by atoms with E-state index < -0.39 is 5.97 Å². The highest BCUT2D eigenvalue weighted by molar-refractivity contribution is 5.98. The number of ether oxygens (including phenoxy) is 1. The van der Waals surface area contributed by atoms with Crippen LogP contribution in [0.25, 0.3) is 11.3 Å². The molecule has 0 N–H and O–H groups in total. The number of carbonyl (C=O) groups is 2. The van der Waals surface area contributed by atoms with Gasteiger partial charge in [0.25, 0.3) is 5.91 Å². The van der Waals surface area contributed by atoms with Crippen LogP contribution in [0.5, 0.6) is 0 Å². The molecule has 138 valence electrons. The van der Waals surface area contributed by atoms with Crippen LogP contribution in [-0.4, -0.2) is 40.6 Å². The Morgan fingerprint density at radius 1 is 1.19 bits per heavy atom. The molecule has 0 bridgehead atoms. The van der Waals surface area contributed by atoms with Gasteiger partial charge in [-0.05, 0) is 40.0 Å². The molecule has 1 aromatic carbocycles. The highest BCUT2D eigenvalue weighted by atomic mass is 16.5. The van der Waals surface area contributed by atoms with Crippen molar-refractivity contribution >= 4 is 11.9 Å². The molecule has 1 aliphatic heterocycles. The molecule has 0 unspecified atom stereocenters. The van der Waals surface area contributed by atoms with Crippen molar-refractivity contribution in [2.24, 2.45) is 0 Å². The van der Waals surface area contributed by atoms with E-state index in [1.54, 1.807) is 6.92 Å². The van der Waals surface area contributed by atoms with Gasteiger partial charge in [0.1, 0.15) is 17.0 Å². The van der Waals surface area contributed by atoms with E-state index in [2.05, 4.69) is 5.16 Å². The van der Waals surface area contributed by atoms with Gasteiger partial charge in [0.15, 0.2) is 6.61 Å². The summed E-state index contributed by atoms with van der Waals surface area (Å²) in [5.74, 6) is -0.373. The maximum atomic E-state index is 12.6. The standard InChI is InChI=1S/C20H24N2O4/c1-13-8-7-9-14(2)22(13)17(23)12-25-20(24)18-15(3)26-21-19(18)16-10-5-4-6-11-16/h4-6,10-11,13-14H,7-9,12H2,1-3H3/t13-,14-/m1/s1. The predicted octanol–water partition coefficient (Wildman–Crippen LogP) is 3.60. The Hall–Kier alpha value is -2.63. The van der Waals surface area contributed by atoms with Crippen molar-refractivity contribution in [1.29, 1.82) is 0 Å². The Bertz CT molecular complexity index is 774. The fourth-order valence-electron chi connectivity index (χ4n) is 3.59. The smallest absolute Gasteiger partial charge is 0.344 e. The SMILES string of the molecule is Cc1onc(-c2ccccc2)c1C(=O)OCC(=O)N1[C@H](C)CCC[C@H]1C. The molecule has 6 nitrogen and oxygen atoms in total. The van der Waals surface area contributed by atoms with Crippen molar-refractivity contribution < 1.29 is 18.8 Å². The summed E-state index contributed by atoms with van der Waals surface area (Å²) in [5, 5.41) is 3.98. The van der Waals surface area contributed by atoms with E-state index in [1.165, 1.54) is 0 Å². The summed E-state index contributed by atoms with van der Waals surface area (Å²) in [7, 11) is 0. The fraction of sp³-hybridized carbons (Fsp3) is 0.450. The third-order valence-electron chi connectivity index (χ3n) is 4.92. The van der Waals surface area contributed by atoms with E-state index in [1.807, 2.05) is 49.1 Å². The van der Waals surface area contributed by atoms with Crippen LogP contribution in [0.4, 0.5) is 0 Å². The summed E-state index contributed by atoms with van der Waals surface area (Å²) in [6.07, 6.45) is 3.08. The molecule has 1 aromatic heterocycles. The number of likely N-dealkylation sites (tertiary alicyclic amines) is 1. The summed E-state index contributed by atoms with van der Waals surface area (Å²) >= 11 is 0. The van der Waals surface area contributed by atoms with Crippen molar-refractivity contribution in [1.82, 2.24) is 10.1 Å². The molecule has 1 fully saturated rings. The first-order chi connectivity index (χ1) is 12.5. The highest BCUT2D eigenvalue weighted by Crippen LogP contribution is 2.26. The van der Waals surface area contributed by atoms with Crippen molar-refractivity contribution in [2.45, 2.75) is 52.1 Å². The Labute approximate surface area is 153 Å². The van der Waals surface area contributed by atoms with E-state index in [0.29, 0.717) is 11.5 Å². The molecule has 1 aliphatic rings. The van der Waals surface area contributed by atoms with Crippen LogP contribution in [0.1, 0.15) is 49.2 Å². The summed E-state index contributed by atoms with van der Waals surface area (Å²) in [6.45, 7) is 5.46. The summed E-state index contributed by atoms with van der Waals surface area (Å²) in [5.41, 5.74) is 1.46. The number of rotatable bonds is 4. The van der Waals surface area contributed by atoms with Crippen LogP contribution in [0, 0.1) is 6.92 Å². The summed E-state index contributed by atoms with van der Waals surface area (Å²) < 4.78 is 10.5. The molecule has 1 saturated heterocycles. The molecule has 2 atom stereocenters. The van der Waals surface area contributed by atoms with E-state index in [-0.39, 0.29) is 30.2 Å². The van der Waals surface area contributed by atoms with Gasteiger partial charge in [-0.1, -0.05) is 35.5 Å². The molecular weight excluding hydrogens is 332 g/mol. The number of aromatic nitrogens is 1. The van der Waals surface area contributed by atoms with E-state index >= 15 is 0 Å². The second-order valence-electron chi connectivity index (χ2n) is 6.83. The normalized spacial score (nSPS) is 20.0. The topological polar surface area (TPSA) is 72.6 Å². The van der Waals surface area contributed by atoms with Gasteiger partial charge in [-0.2, -0.15) is 0 Å². The van der Waals surface area contributed by atoms with Gasteiger partial charge in [0, 0.05) is 17.6 Å². The van der Waals surface area contributed by atoms with Crippen LogP contribution in [0.15, 0.2) is 34.9 Å². The molecule has 0 radical (unpaired) electrons. The molecule has 2 aromatic rings. The molecule has 0 saturated carbocycles. The molecule has 26 heavy (non-hydrogen) atoms. The van der Waals surface area contributed by atoms with Gasteiger partial charge in [-0.25, -0.2) is 4.79 Å². The lowest BCUT2D eigenvalue weighted by atomic mass is 9.97. The Morgan fingerprint density at radius 3 is 2.50 bits per heavy atom. The van der Waals surface area contributed by atoms with Crippen molar-refractivity contribution in [3.8, 4) is 11.3 Å². The number of nitrogens with zero attached hydrogens (tertiary/aromatic N) is 2. The molecule has 3 rings (SSSR count). The maximum absolute atomic E-state index is 12.6. The fourth-order valence-corrected chi connectivity index (χ4v) is 3.59. The van der Waals surface area contributed by atoms with Gasteiger partial charge in [-0.3, -0.25) is 4.79 Å². The number of piperidine rings is 1.